The van der Waals surface area contributed by atoms with Crippen LogP contribution in [0.1, 0.15) is 61.1 Å². The smallest absolute Gasteiger partial charge is 0.225 e. The molecule has 0 radical (unpaired) electrons. The third kappa shape index (κ3) is 5.25. The second-order valence-corrected chi connectivity index (χ2v) is 11.8. The molecular formula is C30H38FN7O3. The number of aromatic nitrogens is 4. The molecule has 1 aromatic carbocycles. The molecule has 0 bridgehead atoms. The highest BCUT2D eigenvalue weighted by Crippen LogP contribution is 2.34. The Morgan fingerprint density at radius 1 is 1.02 bits per heavy atom. The number of fused-ring (bicyclic) bond motifs is 2. The van der Waals surface area contributed by atoms with E-state index >= 15 is 0 Å². The first-order valence-corrected chi connectivity index (χ1v) is 15.1. The summed E-state index contributed by atoms with van der Waals surface area (Å²) < 4.78 is 27.6. The van der Waals surface area contributed by atoms with Gasteiger partial charge >= 0.3 is 0 Å². The van der Waals surface area contributed by atoms with E-state index in [1.165, 1.54) is 6.07 Å². The molecule has 0 saturated carbocycles. The van der Waals surface area contributed by atoms with E-state index in [1.807, 2.05) is 10.6 Å². The van der Waals surface area contributed by atoms with Crippen LogP contribution in [0, 0.1) is 11.7 Å². The lowest BCUT2D eigenvalue weighted by atomic mass is 9.88. The van der Waals surface area contributed by atoms with Crippen molar-refractivity contribution in [2.45, 2.75) is 63.5 Å². The van der Waals surface area contributed by atoms with Crippen molar-refractivity contribution in [3.63, 3.8) is 0 Å². The molecule has 10 nitrogen and oxygen atoms in total. The number of likely N-dealkylation sites (tertiary alicyclic amines) is 2. The minimum absolute atomic E-state index is 0.139. The zero-order chi connectivity index (χ0) is 27.8. The van der Waals surface area contributed by atoms with E-state index in [0.717, 1.165) is 100 Å². The number of carbonyl (C=O) groups is 1. The van der Waals surface area contributed by atoms with Gasteiger partial charge in [-0.1, -0.05) is 0 Å². The highest BCUT2D eigenvalue weighted by Gasteiger charge is 2.34. The summed E-state index contributed by atoms with van der Waals surface area (Å²) in [5, 5.41) is 11.8. The molecule has 1 N–H and O–H groups in total. The van der Waals surface area contributed by atoms with Gasteiger partial charge in [-0.3, -0.25) is 9.20 Å². The number of piperidine rings is 2. The molecule has 3 saturated heterocycles. The van der Waals surface area contributed by atoms with Crippen LogP contribution in [-0.2, 0) is 22.5 Å². The topological polar surface area (TPSA) is 97.1 Å². The number of benzene rings is 1. The highest BCUT2D eigenvalue weighted by atomic mass is 19.1. The van der Waals surface area contributed by atoms with Crippen LogP contribution in [0.4, 0.5) is 10.3 Å². The lowest BCUT2D eigenvalue weighted by Crippen LogP contribution is -2.48. The number of anilines is 1. The molecule has 1 amide bonds. The molecule has 3 aromatic rings. The van der Waals surface area contributed by atoms with Crippen LogP contribution in [0.2, 0.25) is 0 Å². The first-order valence-electron chi connectivity index (χ1n) is 15.1. The minimum atomic E-state index is -0.246. The van der Waals surface area contributed by atoms with Crippen molar-refractivity contribution in [1.82, 2.24) is 29.4 Å². The van der Waals surface area contributed by atoms with Crippen LogP contribution in [0.5, 0.6) is 5.75 Å². The third-order valence-electron chi connectivity index (χ3n) is 9.56. The van der Waals surface area contributed by atoms with Crippen molar-refractivity contribution in [3.8, 4) is 5.75 Å². The van der Waals surface area contributed by atoms with E-state index in [-0.39, 0.29) is 17.7 Å². The predicted molar refractivity (Wildman–Crippen MR) is 150 cm³/mol. The maximum absolute atomic E-state index is 14.6. The normalized spacial score (nSPS) is 21.2. The number of nitrogens with zero attached hydrogens (tertiary/aromatic N) is 6. The molecule has 0 unspecified atom stereocenters. The Morgan fingerprint density at radius 3 is 2.63 bits per heavy atom. The van der Waals surface area contributed by atoms with E-state index in [9.17, 15) is 9.18 Å². The number of hydrogen-bond donors (Lipinski definition) is 1. The van der Waals surface area contributed by atoms with E-state index in [1.54, 1.807) is 12.4 Å². The lowest BCUT2D eigenvalue weighted by molar-refractivity contribution is -0.138. The van der Waals surface area contributed by atoms with Gasteiger partial charge in [-0.25, -0.2) is 9.37 Å². The first-order chi connectivity index (χ1) is 20.2. The van der Waals surface area contributed by atoms with Crippen LogP contribution in [0.3, 0.4) is 0 Å². The van der Waals surface area contributed by atoms with Crippen molar-refractivity contribution >= 4 is 17.5 Å². The van der Waals surface area contributed by atoms with Crippen molar-refractivity contribution < 1.29 is 18.7 Å². The zero-order valence-corrected chi connectivity index (χ0v) is 23.4. The number of carbonyl (C=O) groups excluding carboxylic acids is 1. The van der Waals surface area contributed by atoms with Gasteiger partial charge in [0.1, 0.15) is 17.9 Å². The molecule has 7 rings (SSSR count). The van der Waals surface area contributed by atoms with Gasteiger partial charge in [-0.15, -0.1) is 10.2 Å². The molecule has 3 fully saturated rings. The SMILES string of the molecule is O=C(C1CCN(C2CCOCC2)CC1)N1CCC(c2cnc(NCc3c(F)ccc4c3CCO4)n3cnnc23)CC1. The maximum atomic E-state index is 14.6. The fourth-order valence-electron chi connectivity index (χ4n) is 7.16. The molecule has 4 aliphatic rings. The van der Waals surface area contributed by atoms with Gasteiger partial charge < -0.3 is 24.6 Å². The fraction of sp³-hybridized carbons (Fsp3) is 0.600. The van der Waals surface area contributed by atoms with Crippen LogP contribution >= 0.6 is 0 Å². The van der Waals surface area contributed by atoms with Crippen molar-refractivity contribution in [2.75, 3.05) is 51.3 Å². The van der Waals surface area contributed by atoms with Crippen LogP contribution < -0.4 is 10.1 Å². The summed E-state index contributed by atoms with van der Waals surface area (Å²) in [6, 6.07) is 3.77. The predicted octanol–water partition coefficient (Wildman–Crippen LogP) is 3.41. The molecule has 11 heteroatoms. The Balaban J connectivity index is 0.966. The summed E-state index contributed by atoms with van der Waals surface area (Å²) in [5.74, 6) is 1.81. The number of nitrogens with one attached hydrogen (secondary N) is 1. The second-order valence-electron chi connectivity index (χ2n) is 11.8. The Morgan fingerprint density at radius 2 is 1.83 bits per heavy atom. The summed E-state index contributed by atoms with van der Waals surface area (Å²) in [5.41, 5.74) is 3.33. The Bertz CT molecular complexity index is 1390. The Kier molecular flexibility index (Phi) is 7.47. The monoisotopic (exact) mass is 563 g/mol. The number of halogens is 1. The highest BCUT2D eigenvalue weighted by molar-refractivity contribution is 5.79. The summed E-state index contributed by atoms with van der Waals surface area (Å²) in [6.45, 7) is 6.14. The van der Waals surface area contributed by atoms with Gasteiger partial charge in [0.05, 0.1) is 6.61 Å². The fourth-order valence-corrected chi connectivity index (χ4v) is 7.16. The van der Waals surface area contributed by atoms with Crippen LogP contribution in [-0.4, -0.2) is 87.3 Å². The van der Waals surface area contributed by atoms with Crippen molar-refractivity contribution in [1.29, 1.82) is 0 Å². The van der Waals surface area contributed by atoms with Gasteiger partial charge in [-0.05, 0) is 69.7 Å². The Labute approximate surface area is 239 Å². The molecule has 0 aliphatic carbocycles. The largest absolute Gasteiger partial charge is 0.493 e. The molecule has 0 atom stereocenters. The van der Waals surface area contributed by atoms with Gasteiger partial charge in [0, 0.05) is 74.1 Å². The summed E-state index contributed by atoms with van der Waals surface area (Å²) in [6.07, 6.45) is 10.1. The summed E-state index contributed by atoms with van der Waals surface area (Å²) in [7, 11) is 0. The number of ether oxygens (including phenoxy) is 2. The summed E-state index contributed by atoms with van der Waals surface area (Å²) in [4.78, 5) is 22.7. The maximum Gasteiger partial charge on any atom is 0.225 e. The summed E-state index contributed by atoms with van der Waals surface area (Å²) >= 11 is 0. The lowest BCUT2D eigenvalue weighted by Gasteiger charge is -2.40. The zero-order valence-electron chi connectivity index (χ0n) is 23.4. The number of amides is 1. The van der Waals surface area contributed by atoms with Crippen LogP contribution in [0.25, 0.3) is 5.65 Å². The molecule has 6 heterocycles. The Hall–Kier alpha value is -3.31. The van der Waals surface area contributed by atoms with Gasteiger partial charge in [0.15, 0.2) is 5.65 Å². The number of rotatable bonds is 6. The van der Waals surface area contributed by atoms with Gasteiger partial charge in [0.25, 0.3) is 0 Å². The minimum Gasteiger partial charge on any atom is -0.493 e. The second kappa shape index (κ2) is 11.5. The van der Waals surface area contributed by atoms with Crippen molar-refractivity contribution in [2.24, 2.45) is 5.92 Å². The third-order valence-corrected chi connectivity index (χ3v) is 9.56. The van der Waals surface area contributed by atoms with E-state index in [2.05, 4.69) is 25.3 Å². The van der Waals surface area contributed by atoms with Gasteiger partial charge in [0.2, 0.25) is 11.9 Å². The molecule has 218 valence electrons. The van der Waals surface area contributed by atoms with Crippen molar-refractivity contribution in [3.05, 3.63) is 47.2 Å². The van der Waals surface area contributed by atoms with E-state index < -0.39 is 0 Å². The molecule has 41 heavy (non-hydrogen) atoms. The van der Waals surface area contributed by atoms with Gasteiger partial charge in [-0.2, -0.15) is 0 Å². The molecule has 0 spiro atoms. The number of hydrogen-bond acceptors (Lipinski definition) is 8. The van der Waals surface area contributed by atoms with E-state index in [0.29, 0.717) is 43.0 Å². The average molecular weight is 564 g/mol. The first kappa shape index (κ1) is 26.6. The standard InChI is InChI=1S/C30H38FN7O3/c31-26-1-2-27-23(9-16-41-27)25(26)18-33-30-32-17-24(28-35-34-19-38(28)30)20-3-12-37(13-4-20)29(39)21-5-10-36(11-6-21)22-7-14-40-15-8-22/h1-2,17,19-22H,3-16,18H2,(H,32,33). The average Bonchev–Trinajstić information content (AvgIpc) is 3.72. The molecule has 2 aromatic heterocycles. The molecular weight excluding hydrogens is 525 g/mol. The molecule has 4 aliphatic heterocycles. The van der Waals surface area contributed by atoms with E-state index in [4.69, 9.17) is 14.5 Å². The quantitative estimate of drug-likeness (QED) is 0.488. The van der Waals surface area contributed by atoms with Crippen LogP contribution in [0.15, 0.2) is 24.7 Å².